The molecule has 2 nitrogen and oxygen atoms in total. The molecular weight excluding hydrogens is 268 g/mol. The Kier molecular flexibility index (Phi) is 3.13. The lowest BCUT2D eigenvalue weighted by atomic mass is 10.0. The first kappa shape index (κ1) is 12.7. The Morgan fingerprint density at radius 3 is 1.86 bits per heavy atom. The summed E-state index contributed by atoms with van der Waals surface area (Å²) >= 11 is 0. The van der Waals surface area contributed by atoms with E-state index in [2.05, 4.69) is 58.7 Å². The van der Waals surface area contributed by atoms with Crippen molar-refractivity contribution in [2.45, 2.75) is 0 Å². The van der Waals surface area contributed by atoms with Gasteiger partial charge in [0, 0.05) is 16.7 Å². The number of aromatic nitrogens is 2. The smallest absolute Gasteiger partial charge is 0.101 e. The predicted molar refractivity (Wildman–Crippen MR) is 89.5 cm³/mol. The van der Waals surface area contributed by atoms with Crippen LogP contribution in [0.5, 0.6) is 0 Å². The van der Waals surface area contributed by atoms with E-state index in [0.29, 0.717) is 0 Å². The topological polar surface area (TPSA) is 25.8 Å². The molecule has 1 heterocycles. The van der Waals surface area contributed by atoms with Crippen molar-refractivity contribution < 1.29 is 0 Å². The van der Waals surface area contributed by atoms with Crippen LogP contribution in [0.1, 0.15) is 0 Å². The van der Waals surface area contributed by atoms with Crippen LogP contribution in [0.4, 0.5) is 0 Å². The number of nitrogens with zero attached hydrogens (tertiary/aromatic N) is 2. The fourth-order valence-corrected chi connectivity index (χ4v) is 2.67. The van der Waals surface area contributed by atoms with Crippen molar-refractivity contribution in [3.63, 3.8) is 0 Å². The number of hydrogen-bond acceptors (Lipinski definition) is 2. The second-order valence-corrected chi connectivity index (χ2v) is 5.21. The van der Waals surface area contributed by atoms with Crippen LogP contribution in [0.3, 0.4) is 0 Å². The van der Waals surface area contributed by atoms with Crippen LogP contribution >= 0.6 is 0 Å². The zero-order chi connectivity index (χ0) is 14.8. The van der Waals surface area contributed by atoms with E-state index in [9.17, 15) is 0 Å². The average Bonchev–Trinajstić information content (AvgIpc) is 2.96. The molecule has 2 aromatic rings. The maximum absolute atomic E-state index is 4.54. The first-order valence-corrected chi connectivity index (χ1v) is 7.29. The van der Waals surface area contributed by atoms with Gasteiger partial charge in [-0.05, 0) is 11.6 Å². The van der Waals surface area contributed by atoms with Crippen LogP contribution in [0.25, 0.3) is 33.6 Å². The molecule has 2 heteroatoms. The first-order valence-electron chi connectivity index (χ1n) is 7.29. The Hall–Kier alpha value is -3.00. The van der Waals surface area contributed by atoms with Crippen molar-refractivity contribution >= 4 is 0 Å². The lowest BCUT2D eigenvalue weighted by molar-refractivity contribution is 1.07. The third-order valence-corrected chi connectivity index (χ3v) is 3.77. The molecule has 0 bridgehead atoms. The largest absolute Gasteiger partial charge is 0.150 e. The highest BCUT2D eigenvalue weighted by atomic mass is 15.1. The van der Waals surface area contributed by atoms with Gasteiger partial charge in [0.15, 0.2) is 0 Å². The zero-order valence-corrected chi connectivity index (χ0v) is 12.0. The number of fused-ring (bicyclic) bond motifs is 1. The molecule has 4 rings (SSSR count). The highest BCUT2D eigenvalue weighted by Crippen LogP contribution is 2.33. The molecule has 2 aliphatic rings. The SMILES string of the molecule is c1ccc(-c2cc3cccc-3c(-c3ccccc3)nn2)cc1. The fourth-order valence-electron chi connectivity index (χ4n) is 2.67. The fraction of sp³-hybridized carbons (Fsp3) is 0. The summed E-state index contributed by atoms with van der Waals surface area (Å²) in [6.07, 6.45) is 0. The van der Waals surface area contributed by atoms with E-state index in [4.69, 9.17) is 0 Å². The molecule has 2 aromatic carbocycles. The van der Waals surface area contributed by atoms with Crippen LogP contribution in [0.2, 0.25) is 0 Å². The van der Waals surface area contributed by atoms with E-state index in [0.717, 1.165) is 33.6 Å². The van der Waals surface area contributed by atoms with Gasteiger partial charge in [-0.15, -0.1) is 10.2 Å². The zero-order valence-electron chi connectivity index (χ0n) is 12.0. The Bertz CT molecular complexity index is 870. The molecule has 0 unspecified atom stereocenters. The third kappa shape index (κ3) is 2.25. The van der Waals surface area contributed by atoms with Gasteiger partial charge in [0.2, 0.25) is 0 Å². The summed E-state index contributed by atoms with van der Waals surface area (Å²) in [5, 5.41) is 9.03. The van der Waals surface area contributed by atoms with Gasteiger partial charge >= 0.3 is 0 Å². The molecule has 0 saturated heterocycles. The first-order chi connectivity index (χ1) is 10.9. The number of rotatable bonds is 2. The standard InChI is InChI=1S/C20H14N2/c1-3-8-15(9-4-1)19-14-17-12-7-13-18(17)20(22-21-19)16-10-5-2-6-11-16/h1-14H. The molecule has 0 aromatic heterocycles. The second-order valence-electron chi connectivity index (χ2n) is 5.21. The minimum Gasteiger partial charge on any atom is -0.150 e. The van der Waals surface area contributed by atoms with Gasteiger partial charge in [-0.25, -0.2) is 0 Å². The summed E-state index contributed by atoms with van der Waals surface area (Å²) in [6.45, 7) is 0. The number of benzene rings is 2. The molecule has 1 aliphatic carbocycles. The van der Waals surface area contributed by atoms with Gasteiger partial charge in [0.1, 0.15) is 5.69 Å². The molecule has 0 N–H and O–H groups in total. The molecule has 22 heavy (non-hydrogen) atoms. The van der Waals surface area contributed by atoms with Crippen molar-refractivity contribution in [3.05, 3.63) is 84.9 Å². The highest BCUT2D eigenvalue weighted by Gasteiger charge is 2.12. The minimum atomic E-state index is 0.888. The summed E-state index contributed by atoms with van der Waals surface area (Å²) in [5.41, 5.74) is 6.25. The van der Waals surface area contributed by atoms with Crippen LogP contribution in [-0.4, -0.2) is 10.2 Å². The van der Waals surface area contributed by atoms with Gasteiger partial charge in [-0.1, -0.05) is 78.9 Å². The maximum Gasteiger partial charge on any atom is 0.101 e. The van der Waals surface area contributed by atoms with Crippen LogP contribution < -0.4 is 0 Å². The van der Waals surface area contributed by atoms with Crippen molar-refractivity contribution in [2.75, 3.05) is 0 Å². The quantitative estimate of drug-likeness (QED) is 0.521. The third-order valence-electron chi connectivity index (χ3n) is 3.77. The van der Waals surface area contributed by atoms with E-state index >= 15 is 0 Å². The summed E-state index contributed by atoms with van der Waals surface area (Å²) in [7, 11) is 0. The van der Waals surface area contributed by atoms with Crippen molar-refractivity contribution in [2.24, 2.45) is 0 Å². The van der Waals surface area contributed by atoms with Gasteiger partial charge in [-0.2, -0.15) is 0 Å². The van der Waals surface area contributed by atoms with Crippen molar-refractivity contribution in [1.82, 2.24) is 10.2 Å². The molecule has 0 spiro atoms. The maximum atomic E-state index is 4.54. The second kappa shape index (κ2) is 5.41. The Balaban J connectivity index is 1.94. The molecule has 0 amide bonds. The monoisotopic (exact) mass is 282 g/mol. The molecule has 0 radical (unpaired) electrons. The number of hydrogen-bond donors (Lipinski definition) is 0. The lowest BCUT2D eigenvalue weighted by Gasteiger charge is -2.01. The van der Waals surface area contributed by atoms with Gasteiger partial charge in [0.05, 0.1) is 5.69 Å². The molecule has 0 atom stereocenters. The van der Waals surface area contributed by atoms with Crippen molar-refractivity contribution in [3.8, 4) is 33.6 Å². The summed E-state index contributed by atoms with van der Waals surface area (Å²) in [5.74, 6) is 0. The van der Waals surface area contributed by atoms with Crippen LogP contribution in [0.15, 0.2) is 84.9 Å². The van der Waals surface area contributed by atoms with E-state index < -0.39 is 0 Å². The van der Waals surface area contributed by atoms with Crippen LogP contribution in [0, 0.1) is 0 Å². The van der Waals surface area contributed by atoms with Crippen molar-refractivity contribution in [1.29, 1.82) is 0 Å². The van der Waals surface area contributed by atoms with E-state index in [-0.39, 0.29) is 0 Å². The normalized spacial score (nSPS) is 10.7. The van der Waals surface area contributed by atoms with E-state index in [1.165, 1.54) is 0 Å². The van der Waals surface area contributed by atoms with Gasteiger partial charge < -0.3 is 0 Å². The van der Waals surface area contributed by atoms with E-state index in [1.807, 2.05) is 36.4 Å². The molecule has 0 saturated carbocycles. The summed E-state index contributed by atoms with van der Waals surface area (Å²) in [6, 6.07) is 28.7. The Morgan fingerprint density at radius 2 is 1.14 bits per heavy atom. The molecular formula is C20H14N2. The van der Waals surface area contributed by atoms with Crippen LogP contribution in [-0.2, 0) is 0 Å². The minimum absolute atomic E-state index is 0.888. The summed E-state index contributed by atoms with van der Waals surface area (Å²) in [4.78, 5) is 0. The molecule has 104 valence electrons. The Morgan fingerprint density at radius 1 is 0.500 bits per heavy atom. The Labute approximate surface area is 129 Å². The highest BCUT2D eigenvalue weighted by molar-refractivity contribution is 5.83. The van der Waals surface area contributed by atoms with Gasteiger partial charge in [-0.3, -0.25) is 0 Å². The molecule has 0 fully saturated rings. The molecule has 1 aliphatic heterocycles. The van der Waals surface area contributed by atoms with Gasteiger partial charge in [0.25, 0.3) is 0 Å². The average molecular weight is 282 g/mol. The summed E-state index contributed by atoms with van der Waals surface area (Å²) < 4.78 is 0. The lowest BCUT2D eigenvalue weighted by Crippen LogP contribution is -1.85. The van der Waals surface area contributed by atoms with E-state index in [1.54, 1.807) is 0 Å². The predicted octanol–water partition coefficient (Wildman–Crippen LogP) is 4.92.